The molecule has 1 atom stereocenters. The van der Waals surface area contributed by atoms with Crippen LogP contribution in [0, 0.1) is 11.8 Å². The molecule has 4 nitrogen and oxygen atoms in total. The van der Waals surface area contributed by atoms with Gasteiger partial charge < -0.3 is 16.4 Å². The molecule has 0 aromatic heterocycles. The van der Waals surface area contributed by atoms with Gasteiger partial charge in [-0.05, 0) is 31.2 Å². The summed E-state index contributed by atoms with van der Waals surface area (Å²) in [6, 6.07) is 0. The summed E-state index contributed by atoms with van der Waals surface area (Å²) in [5, 5.41) is 6.25. The maximum atomic E-state index is 11.6. The molecular weight excluding hydrogens is 226 g/mol. The second-order valence-corrected chi connectivity index (χ2v) is 5.37. The molecule has 0 bridgehead atoms. The molecule has 1 unspecified atom stereocenters. The lowest BCUT2D eigenvalue weighted by Gasteiger charge is -2.14. The molecule has 4 heteroatoms. The second-order valence-electron chi connectivity index (χ2n) is 5.37. The van der Waals surface area contributed by atoms with Gasteiger partial charge in [0, 0.05) is 26.1 Å². The van der Waals surface area contributed by atoms with Gasteiger partial charge in [0.05, 0.1) is 0 Å². The lowest BCUT2D eigenvalue weighted by Crippen LogP contribution is -2.27. The monoisotopic (exact) mass is 257 g/mol. The lowest BCUT2D eigenvalue weighted by atomic mass is 9.94. The van der Waals surface area contributed by atoms with Gasteiger partial charge in [0.2, 0.25) is 5.91 Å². The second kappa shape index (κ2) is 11.5. The Morgan fingerprint density at radius 2 is 1.72 bits per heavy atom. The van der Waals surface area contributed by atoms with Crippen molar-refractivity contribution in [2.75, 3.05) is 26.2 Å². The highest BCUT2D eigenvalue weighted by Gasteiger charge is 2.11. The normalized spacial score (nSPS) is 12.7. The first-order valence-electron chi connectivity index (χ1n) is 7.25. The van der Waals surface area contributed by atoms with Crippen molar-refractivity contribution < 1.29 is 4.79 Å². The zero-order valence-corrected chi connectivity index (χ0v) is 12.3. The zero-order valence-electron chi connectivity index (χ0n) is 12.3. The van der Waals surface area contributed by atoms with Gasteiger partial charge in [0.1, 0.15) is 0 Å². The van der Waals surface area contributed by atoms with Crippen LogP contribution < -0.4 is 16.4 Å². The van der Waals surface area contributed by atoms with Gasteiger partial charge in [-0.3, -0.25) is 4.79 Å². The van der Waals surface area contributed by atoms with Gasteiger partial charge in [-0.15, -0.1) is 0 Å². The fourth-order valence-electron chi connectivity index (χ4n) is 1.61. The molecule has 4 N–H and O–H groups in total. The van der Waals surface area contributed by atoms with E-state index in [1.807, 2.05) is 0 Å². The lowest BCUT2D eigenvalue weighted by molar-refractivity contribution is -0.122. The van der Waals surface area contributed by atoms with Crippen molar-refractivity contribution in [2.24, 2.45) is 17.6 Å². The number of hydrogen-bond acceptors (Lipinski definition) is 3. The Hall–Kier alpha value is -0.610. The summed E-state index contributed by atoms with van der Waals surface area (Å²) in [6.07, 6.45) is 4.01. The van der Waals surface area contributed by atoms with E-state index < -0.39 is 0 Å². The van der Waals surface area contributed by atoms with Crippen LogP contribution in [0.25, 0.3) is 0 Å². The average Bonchev–Trinajstić information content (AvgIpc) is 2.32. The third kappa shape index (κ3) is 10.5. The van der Waals surface area contributed by atoms with Crippen molar-refractivity contribution in [3.8, 4) is 0 Å². The Labute approximate surface area is 112 Å². The standard InChI is InChI=1S/C14H31N3O/c1-12(2)13(3)11-14(18)17-9-6-4-5-8-16-10-7-15/h12-13,16H,4-11,15H2,1-3H3,(H,17,18). The van der Waals surface area contributed by atoms with E-state index in [9.17, 15) is 4.79 Å². The van der Waals surface area contributed by atoms with Crippen LogP contribution in [0.15, 0.2) is 0 Å². The minimum absolute atomic E-state index is 0.192. The third-order valence-corrected chi connectivity index (χ3v) is 3.32. The number of carbonyl (C=O) groups is 1. The average molecular weight is 257 g/mol. The SMILES string of the molecule is CC(C)C(C)CC(=O)NCCCCCNCCN. The summed E-state index contributed by atoms with van der Waals surface area (Å²) in [4.78, 5) is 11.6. The molecule has 0 heterocycles. The molecule has 0 fully saturated rings. The quantitative estimate of drug-likeness (QED) is 0.491. The van der Waals surface area contributed by atoms with Crippen LogP contribution >= 0.6 is 0 Å². The van der Waals surface area contributed by atoms with Crippen molar-refractivity contribution in [3.05, 3.63) is 0 Å². The molecule has 0 rings (SSSR count). The summed E-state index contributed by atoms with van der Waals surface area (Å²) >= 11 is 0. The third-order valence-electron chi connectivity index (χ3n) is 3.32. The van der Waals surface area contributed by atoms with E-state index in [1.165, 1.54) is 0 Å². The Bertz CT molecular complexity index is 207. The van der Waals surface area contributed by atoms with Gasteiger partial charge in [-0.25, -0.2) is 0 Å². The summed E-state index contributed by atoms with van der Waals surface area (Å²) in [5.41, 5.74) is 5.38. The van der Waals surface area contributed by atoms with E-state index in [-0.39, 0.29) is 5.91 Å². The molecule has 0 aliphatic carbocycles. The first-order valence-corrected chi connectivity index (χ1v) is 7.25. The van der Waals surface area contributed by atoms with E-state index in [0.29, 0.717) is 24.8 Å². The maximum Gasteiger partial charge on any atom is 0.220 e. The first kappa shape index (κ1) is 17.4. The van der Waals surface area contributed by atoms with E-state index in [1.54, 1.807) is 0 Å². The van der Waals surface area contributed by atoms with Gasteiger partial charge in [0.25, 0.3) is 0 Å². The largest absolute Gasteiger partial charge is 0.356 e. The summed E-state index contributed by atoms with van der Waals surface area (Å²) in [5.74, 6) is 1.23. The Morgan fingerprint density at radius 1 is 1.06 bits per heavy atom. The Balaban J connectivity index is 3.30. The van der Waals surface area contributed by atoms with Crippen LogP contribution in [-0.2, 0) is 4.79 Å². The van der Waals surface area contributed by atoms with E-state index in [4.69, 9.17) is 5.73 Å². The zero-order chi connectivity index (χ0) is 13.8. The highest BCUT2D eigenvalue weighted by molar-refractivity contribution is 5.76. The number of nitrogens with two attached hydrogens (primary N) is 1. The van der Waals surface area contributed by atoms with Crippen LogP contribution in [0.4, 0.5) is 0 Å². The smallest absolute Gasteiger partial charge is 0.220 e. The molecule has 0 aromatic carbocycles. The van der Waals surface area contributed by atoms with Crippen LogP contribution in [0.3, 0.4) is 0 Å². The highest BCUT2D eigenvalue weighted by atomic mass is 16.1. The molecule has 0 saturated heterocycles. The van der Waals surface area contributed by atoms with Crippen molar-refractivity contribution in [1.82, 2.24) is 10.6 Å². The molecule has 18 heavy (non-hydrogen) atoms. The Kier molecular flexibility index (Phi) is 11.1. The molecule has 0 spiro atoms. The number of carbonyl (C=O) groups excluding carboxylic acids is 1. The summed E-state index contributed by atoms with van der Waals surface area (Å²) in [6.45, 7) is 9.87. The van der Waals surface area contributed by atoms with E-state index in [2.05, 4.69) is 31.4 Å². The fourth-order valence-corrected chi connectivity index (χ4v) is 1.61. The van der Waals surface area contributed by atoms with Gasteiger partial charge in [-0.1, -0.05) is 27.2 Å². The molecule has 0 aromatic rings. The van der Waals surface area contributed by atoms with Crippen molar-refractivity contribution in [1.29, 1.82) is 0 Å². The molecule has 108 valence electrons. The summed E-state index contributed by atoms with van der Waals surface area (Å²) in [7, 11) is 0. The van der Waals surface area contributed by atoms with Crippen LogP contribution in [0.5, 0.6) is 0 Å². The molecule has 0 radical (unpaired) electrons. The first-order chi connectivity index (χ1) is 8.57. The van der Waals surface area contributed by atoms with Gasteiger partial charge in [-0.2, -0.15) is 0 Å². The van der Waals surface area contributed by atoms with Crippen molar-refractivity contribution in [3.63, 3.8) is 0 Å². The van der Waals surface area contributed by atoms with Crippen LogP contribution in [0.2, 0.25) is 0 Å². The number of unbranched alkanes of at least 4 members (excludes halogenated alkanes) is 2. The van der Waals surface area contributed by atoms with Gasteiger partial charge in [0.15, 0.2) is 0 Å². The number of rotatable bonds is 11. The maximum absolute atomic E-state index is 11.6. The minimum Gasteiger partial charge on any atom is -0.356 e. The Morgan fingerprint density at radius 3 is 2.33 bits per heavy atom. The van der Waals surface area contributed by atoms with E-state index >= 15 is 0 Å². The number of hydrogen-bond donors (Lipinski definition) is 3. The molecule has 0 saturated carbocycles. The highest BCUT2D eigenvalue weighted by Crippen LogP contribution is 2.13. The summed E-state index contributed by atoms with van der Waals surface area (Å²) < 4.78 is 0. The molecule has 0 aliphatic heterocycles. The predicted octanol–water partition coefficient (Wildman–Crippen LogP) is 1.50. The van der Waals surface area contributed by atoms with Gasteiger partial charge >= 0.3 is 0 Å². The van der Waals surface area contributed by atoms with Crippen molar-refractivity contribution >= 4 is 5.91 Å². The molecule has 1 amide bonds. The fraction of sp³-hybridized carbons (Fsp3) is 0.929. The minimum atomic E-state index is 0.192. The number of amides is 1. The molecular formula is C14H31N3O. The van der Waals surface area contributed by atoms with E-state index in [0.717, 1.165) is 38.9 Å². The topological polar surface area (TPSA) is 67.2 Å². The van der Waals surface area contributed by atoms with Crippen LogP contribution in [0.1, 0.15) is 46.5 Å². The van der Waals surface area contributed by atoms with Crippen molar-refractivity contribution in [2.45, 2.75) is 46.5 Å². The molecule has 0 aliphatic rings. The predicted molar refractivity (Wildman–Crippen MR) is 77.4 cm³/mol. The van der Waals surface area contributed by atoms with Crippen LogP contribution in [-0.4, -0.2) is 32.1 Å². The number of nitrogens with one attached hydrogen (secondary N) is 2.